The predicted molar refractivity (Wildman–Crippen MR) is 102 cm³/mol. The van der Waals surface area contributed by atoms with Crippen LogP contribution in [0.3, 0.4) is 0 Å². The minimum Gasteiger partial charge on any atom is -0.497 e. The summed E-state index contributed by atoms with van der Waals surface area (Å²) < 4.78 is 11.0. The maximum absolute atomic E-state index is 12.4. The molecule has 6 heteroatoms. The summed E-state index contributed by atoms with van der Waals surface area (Å²) in [6, 6.07) is 8.09. The number of urea groups is 1. The van der Waals surface area contributed by atoms with E-state index in [1.54, 1.807) is 7.11 Å². The monoisotopic (exact) mass is 361 g/mol. The summed E-state index contributed by atoms with van der Waals surface area (Å²) in [5.41, 5.74) is 0. The number of hydrogen-bond donors (Lipinski definition) is 1. The highest BCUT2D eigenvalue weighted by molar-refractivity contribution is 5.74. The number of nitrogens with one attached hydrogen (secondary N) is 1. The van der Waals surface area contributed by atoms with Crippen LogP contribution >= 0.6 is 0 Å². The smallest absolute Gasteiger partial charge is 0.317 e. The molecule has 2 fully saturated rings. The number of likely N-dealkylation sites (N-methyl/N-ethyl adjacent to an activating group) is 1. The van der Waals surface area contributed by atoms with Crippen molar-refractivity contribution in [1.29, 1.82) is 0 Å². The van der Waals surface area contributed by atoms with E-state index in [9.17, 15) is 4.79 Å². The maximum Gasteiger partial charge on any atom is 0.317 e. The van der Waals surface area contributed by atoms with Crippen molar-refractivity contribution in [3.63, 3.8) is 0 Å². The molecule has 26 heavy (non-hydrogen) atoms. The van der Waals surface area contributed by atoms with Gasteiger partial charge < -0.3 is 24.6 Å². The molecule has 2 saturated heterocycles. The Labute approximate surface area is 156 Å². The highest BCUT2D eigenvalue weighted by Crippen LogP contribution is 2.21. The first-order chi connectivity index (χ1) is 12.7. The highest BCUT2D eigenvalue weighted by atomic mass is 16.5. The summed E-state index contributed by atoms with van der Waals surface area (Å²) in [4.78, 5) is 16.8. The van der Waals surface area contributed by atoms with Crippen molar-refractivity contribution in [3.05, 3.63) is 24.3 Å². The van der Waals surface area contributed by atoms with Crippen LogP contribution in [0, 0.1) is 5.92 Å². The lowest BCUT2D eigenvalue weighted by Crippen LogP contribution is -2.49. The van der Waals surface area contributed by atoms with Gasteiger partial charge in [-0.05, 0) is 56.0 Å². The van der Waals surface area contributed by atoms with E-state index in [0.29, 0.717) is 18.6 Å². The highest BCUT2D eigenvalue weighted by Gasteiger charge is 2.27. The lowest BCUT2D eigenvalue weighted by atomic mass is 9.98. The predicted octanol–water partition coefficient (Wildman–Crippen LogP) is 2.59. The van der Waals surface area contributed by atoms with Crippen LogP contribution < -0.4 is 14.8 Å². The largest absolute Gasteiger partial charge is 0.497 e. The summed E-state index contributed by atoms with van der Waals surface area (Å²) in [5.74, 6) is 2.21. The zero-order valence-electron chi connectivity index (χ0n) is 15.9. The van der Waals surface area contributed by atoms with Crippen LogP contribution in [0.2, 0.25) is 0 Å². The maximum atomic E-state index is 12.4. The first kappa shape index (κ1) is 18.8. The molecule has 0 aliphatic carbocycles. The number of piperidine rings is 1. The van der Waals surface area contributed by atoms with Gasteiger partial charge in [-0.3, -0.25) is 0 Å². The summed E-state index contributed by atoms with van der Waals surface area (Å²) >= 11 is 0. The van der Waals surface area contributed by atoms with Crippen molar-refractivity contribution in [3.8, 4) is 11.5 Å². The Morgan fingerprint density at radius 1 is 1.12 bits per heavy atom. The average molecular weight is 361 g/mol. The van der Waals surface area contributed by atoms with E-state index in [-0.39, 0.29) is 6.03 Å². The van der Waals surface area contributed by atoms with Crippen LogP contribution in [0.15, 0.2) is 24.3 Å². The molecule has 2 aliphatic rings. The number of hydrogen-bond acceptors (Lipinski definition) is 4. The number of rotatable bonds is 6. The molecule has 3 rings (SSSR count). The van der Waals surface area contributed by atoms with Gasteiger partial charge in [-0.25, -0.2) is 4.79 Å². The van der Waals surface area contributed by atoms with Gasteiger partial charge in [0.1, 0.15) is 11.5 Å². The number of carbonyl (C=O) groups excluding carboxylic acids is 1. The van der Waals surface area contributed by atoms with Crippen molar-refractivity contribution in [1.82, 2.24) is 15.1 Å². The molecule has 1 aromatic rings. The fraction of sp³-hybridized carbons (Fsp3) is 0.650. The molecule has 0 unspecified atom stereocenters. The zero-order chi connectivity index (χ0) is 18.4. The van der Waals surface area contributed by atoms with Gasteiger partial charge in [0, 0.05) is 32.2 Å². The van der Waals surface area contributed by atoms with Crippen LogP contribution in [-0.2, 0) is 0 Å². The van der Waals surface area contributed by atoms with Crippen molar-refractivity contribution in [2.24, 2.45) is 5.92 Å². The minimum atomic E-state index is 0.0995. The molecule has 0 bridgehead atoms. The van der Waals surface area contributed by atoms with E-state index < -0.39 is 0 Å². The van der Waals surface area contributed by atoms with Crippen molar-refractivity contribution >= 4 is 6.03 Å². The van der Waals surface area contributed by atoms with Crippen LogP contribution in [0.5, 0.6) is 11.5 Å². The molecule has 0 aromatic heterocycles. The molecule has 1 atom stereocenters. The first-order valence-electron chi connectivity index (χ1n) is 9.72. The Bertz CT molecular complexity index is 570. The Kier molecular flexibility index (Phi) is 6.61. The van der Waals surface area contributed by atoms with Gasteiger partial charge in [-0.2, -0.15) is 0 Å². The van der Waals surface area contributed by atoms with Crippen LogP contribution in [0.25, 0.3) is 0 Å². The number of ether oxygens (including phenoxy) is 2. The SMILES string of the molecule is CCN1CC[C@@H](NC(=O)N2CCC(COc3ccc(OC)cc3)CC2)C1. The second-order valence-corrected chi connectivity index (χ2v) is 7.25. The second kappa shape index (κ2) is 9.12. The number of amides is 2. The molecule has 1 N–H and O–H groups in total. The molecule has 2 amide bonds. The molecule has 6 nitrogen and oxygen atoms in total. The summed E-state index contributed by atoms with van der Waals surface area (Å²) in [6.07, 6.45) is 3.05. The summed E-state index contributed by atoms with van der Waals surface area (Å²) in [5, 5.41) is 3.20. The number of benzene rings is 1. The third-order valence-corrected chi connectivity index (χ3v) is 5.49. The molecule has 0 spiro atoms. The van der Waals surface area contributed by atoms with E-state index in [1.807, 2.05) is 29.2 Å². The van der Waals surface area contributed by atoms with Gasteiger partial charge in [0.15, 0.2) is 0 Å². The molecule has 0 saturated carbocycles. The number of likely N-dealkylation sites (tertiary alicyclic amines) is 2. The molecular formula is C20H31N3O3. The lowest BCUT2D eigenvalue weighted by molar-refractivity contribution is 0.143. The van der Waals surface area contributed by atoms with Gasteiger partial charge in [0.2, 0.25) is 0 Å². The zero-order valence-corrected chi connectivity index (χ0v) is 15.9. The van der Waals surface area contributed by atoms with Gasteiger partial charge >= 0.3 is 6.03 Å². The lowest BCUT2D eigenvalue weighted by Gasteiger charge is -2.32. The van der Waals surface area contributed by atoms with Crippen LogP contribution in [0.1, 0.15) is 26.2 Å². The van der Waals surface area contributed by atoms with E-state index >= 15 is 0 Å². The van der Waals surface area contributed by atoms with E-state index in [0.717, 1.165) is 63.5 Å². The Morgan fingerprint density at radius 2 is 1.81 bits per heavy atom. The Morgan fingerprint density at radius 3 is 2.42 bits per heavy atom. The van der Waals surface area contributed by atoms with Crippen molar-refractivity contribution in [2.75, 3.05) is 46.4 Å². The Balaban J connectivity index is 1.36. The average Bonchev–Trinajstić information content (AvgIpc) is 3.14. The van der Waals surface area contributed by atoms with Gasteiger partial charge in [-0.1, -0.05) is 6.92 Å². The molecule has 1 aromatic carbocycles. The molecular weight excluding hydrogens is 330 g/mol. The van der Waals surface area contributed by atoms with E-state index in [1.165, 1.54) is 0 Å². The summed E-state index contributed by atoms with van der Waals surface area (Å²) in [6.45, 7) is 7.63. The van der Waals surface area contributed by atoms with Gasteiger partial charge in [0.05, 0.1) is 13.7 Å². The summed E-state index contributed by atoms with van der Waals surface area (Å²) in [7, 11) is 1.66. The second-order valence-electron chi connectivity index (χ2n) is 7.25. The topological polar surface area (TPSA) is 54.0 Å². The number of carbonyl (C=O) groups is 1. The first-order valence-corrected chi connectivity index (χ1v) is 9.72. The third-order valence-electron chi connectivity index (χ3n) is 5.49. The number of methoxy groups -OCH3 is 1. The molecule has 144 valence electrons. The van der Waals surface area contributed by atoms with Gasteiger partial charge in [-0.15, -0.1) is 0 Å². The normalized spacial score (nSPS) is 21.6. The molecule has 2 aliphatic heterocycles. The fourth-order valence-corrected chi connectivity index (χ4v) is 3.69. The van der Waals surface area contributed by atoms with Gasteiger partial charge in [0.25, 0.3) is 0 Å². The van der Waals surface area contributed by atoms with Crippen LogP contribution in [0.4, 0.5) is 4.79 Å². The number of nitrogens with zero attached hydrogens (tertiary/aromatic N) is 2. The Hall–Kier alpha value is -1.95. The van der Waals surface area contributed by atoms with Crippen molar-refractivity contribution in [2.45, 2.75) is 32.2 Å². The molecule has 0 radical (unpaired) electrons. The third kappa shape index (κ3) is 5.04. The van der Waals surface area contributed by atoms with Crippen molar-refractivity contribution < 1.29 is 14.3 Å². The standard InChI is InChI=1S/C20H31N3O3/c1-3-22-11-10-17(14-22)21-20(24)23-12-8-16(9-13-23)15-26-19-6-4-18(25-2)5-7-19/h4-7,16-17H,3,8-15H2,1-2H3,(H,21,24)/t17-/m1/s1. The minimum absolute atomic E-state index is 0.0995. The van der Waals surface area contributed by atoms with E-state index in [2.05, 4.69) is 17.1 Å². The fourth-order valence-electron chi connectivity index (χ4n) is 3.69. The molecule has 2 heterocycles. The van der Waals surface area contributed by atoms with E-state index in [4.69, 9.17) is 9.47 Å². The quantitative estimate of drug-likeness (QED) is 0.846. The van der Waals surface area contributed by atoms with Crippen LogP contribution in [-0.4, -0.2) is 68.3 Å².